The maximum absolute atomic E-state index is 6.33. The quantitative estimate of drug-likeness (QED) is 0.884. The Morgan fingerprint density at radius 2 is 1.79 bits per heavy atom. The molecule has 0 bridgehead atoms. The molecule has 2 N–H and O–H groups in total. The number of benzene rings is 2. The Bertz CT molecular complexity index is 519. The second kappa shape index (κ2) is 6.39. The fourth-order valence-corrected chi connectivity index (χ4v) is 2.23. The maximum Gasteiger partial charge on any atom is 0.118 e. The van der Waals surface area contributed by atoms with Crippen LogP contribution in [0.2, 0.25) is 0 Å². The highest BCUT2D eigenvalue weighted by Gasteiger charge is 2.09. The third-order valence-electron chi connectivity index (χ3n) is 3.32. The van der Waals surface area contributed by atoms with Crippen LogP contribution < -0.4 is 10.5 Å². The molecule has 2 aromatic rings. The molecule has 1 atom stereocenters. The van der Waals surface area contributed by atoms with Gasteiger partial charge in [-0.3, -0.25) is 0 Å². The second-order valence-corrected chi connectivity index (χ2v) is 4.75. The van der Waals surface area contributed by atoms with Gasteiger partial charge in [0, 0.05) is 0 Å². The van der Waals surface area contributed by atoms with Gasteiger partial charge in [-0.15, -0.1) is 0 Å². The molecule has 0 saturated carbocycles. The first-order chi connectivity index (χ1) is 9.24. The minimum absolute atomic E-state index is 0.0808. The average molecular weight is 255 g/mol. The van der Waals surface area contributed by atoms with E-state index in [2.05, 4.69) is 31.2 Å². The molecule has 2 aromatic carbocycles. The summed E-state index contributed by atoms with van der Waals surface area (Å²) in [5.74, 6) is 0.857. The van der Waals surface area contributed by atoms with Crippen molar-refractivity contribution in [3.63, 3.8) is 0 Å². The number of hydrogen-bond acceptors (Lipinski definition) is 2. The number of hydrogen-bond donors (Lipinski definition) is 1. The Hall–Kier alpha value is -1.80. The van der Waals surface area contributed by atoms with Gasteiger partial charge in [-0.2, -0.15) is 0 Å². The van der Waals surface area contributed by atoms with Crippen LogP contribution in [0.5, 0.6) is 5.75 Å². The Morgan fingerprint density at radius 3 is 2.42 bits per heavy atom. The zero-order valence-corrected chi connectivity index (χ0v) is 11.6. The summed E-state index contributed by atoms with van der Waals surface area (Å²) < 4.78 is 5.16. The van der Waals surface area contributed by atoms with Gasteiger partial charge < -0.3 is 10.5 Å². The topological polar surface area (TPSA) is 35.2 Å². The van der Waals surface area contributed by atoms with Crippen LogP contribution in [0.15, 0.2) is 48.5 Å². The number of aryl methyl sites for hydroxylation is 1. The Kier molecular flexibility index (Phi) is 4.58. The molecule has 0 aliphatic rings. The highest BCUT2D eigenvalue weighted by atomic mass is 16.5. The number of methoxy groups -OCH3 is 1. The molecule has 0 aromatic heterocycles. The first-order valence-corrected chi connectivity index (χ1v) is 6.73. The molecular weight excluding hydrogens is 234 g/mol. The average Bonchev–Trinajstić information content (AvgIpc) is 2.47. The van der Waals surface area contributed by atoms with Crippen molar-refractivity contribution in [3.8, 4) is 5.75 Å². The summed E-state index contributed by atoms with van der Waals surface area (Å²) >= 11 is 0. The fraction of sp³-hybridized carbons (Fsp3) is 0.294. The van der Waals surface area contributed by atoms with Crippen LogP contribution in [0.25, 0.3) is 0 Å². The van der Waals surface area contributed by atoms with Crippen LogP contribution in [0.1, 0.15) is 36.1 Å². The van der Waals surface area contributed by atoms with Gasteiger partial charge in [0.05, 0.1) is 13.2 Å². The van der Waals surface area contributed by atoms with E-state index in [1.807, 2.05) is 24.3 Å². The zero-order chi connectivity index (χ0) is 13.7. The van der Waals surface area contributed by atoms with E-state index < -0.39 is 0 Å². The molecule has 2 heteroatoms. The molecule has 0 aliphatic heterocycles. The zero-order valence-electron chi connectivity index (χ0n) is 11.6. The summed E-state index contributed by atoms with van der Waals surface area (Å²) in [5, 5.41) is 0. The largest absolute Gasteiger partial charge is 0.497 e. The SMILES string of the molecule is CCCc1cccc(C(N)c2ccc(OC)cc2)c1. The minimum Gasteiger partial charge on any atom is -0.497 e. The van der Waals surface area contributed by atoms with Crippen LogP contribution in [0, 0.1) is 0 Å². The molecule has 0 radical (unpaired) electrons. The van der Waals surface area contributed by atoms with Gasteiger partial charge in [-0.25, -0.2) is 0 Å². The first-order valence-electron chi connectivity index (χ1n) is 6.73. The molecule has 0 aliphatic carbocycles. The van der Waals surface area contributed by atoms with Crippen molar-refractivity contribution in [1.29, 1.82) is 0 Å². The van der Waals surface area contributed by atoms with Crippen LogP contribution in [-0.2, 0) is 6.42 Å². The molecule has 2 nitrogen and oxygen atoms in total. The monoisotopic (exact) mass is 255 g/mol. The molecule has 0 fully saturated rings. The molecule has 0 heterocycles. The highest BCUT2D eigenvalue weighted by Crippen LogP contribution is 2.23. The van der Waals surface area contributed by atoms with Crippen molar-refractivity contribution in [2.45, 2.75) is 25.8 Å². The van der Waals surface area contributed by atoms with Crippen molar-refractivity contribution < 1.29 is 4.74 Å². The Balaban J connectivity index is 2.22. The summed E-state index contributed by atoms with van der Waals surface area (Å²) in [6.45, 7) is 2.19. The van der Waals surface area contributed by atoms with Gasteiger partial charge >= 0.3 is 0 Å². The van der Waals surface area contributed by atoms with Crippen molar-refractivity contribution in [2.24, 2.45) is 5.73 Å². The molecule has 2 rings (SSSR count). The van der Waals surface area contributed by atoms with Gasteiger partial charge in [0.25, 0.3) is 0 Å². The van der Waals surface area contributed by atoms with Crippen LogP contribution >= 0.6 is 0 Å². The second-order valence-electron chi connectivity index (χ2n) is 4.75. The first kappa shape index (κ1) is 13.6. The van der Waals surface area contributed by atoms with Crippen LogP contribution in [0.3, 0.4) is 0 Å². The standard InChI is InChI=1S/C17H21NO/c1-3-5-13-6-4-7-15(12-13)17(18)14-8-10-16(19-2)11-9-14/h4,6-12,17H,3,5,18H2,1-2H3. The van der Waals surface area contributed by atoms with E-state index in [0.29, 0.717) is 0 Å². The lowest BCUT2D eigenvalue weighted by molar-refractivity contribution is 0.414. The lowest BCUT2D eigenvalue weighted by Crippen LogP contribution is -2.12. The smallest absolute Gasteiger partial charge is 0.118 e. The summed E-state index contributed by atoms with van der Waals surface area (Å²) in [6, 6.07) is 16.4. The molecule has 0 spiro atoms. The number of nitrogens with two attached hydrogens (primary N) is 1. The van der Waals surface area contributed by atoms with Crippen LogP contribution in [-0.4, -0.2) is 7.11 Å². The van der Waals surface area contributed by atoms with Crippen molar-refractivity contribution in [3.05, 3.63) is 65.2 Å². The molecule has 0 saturated heterocycles. The fourth-order valence-electron chi connectivity index (χ4n) is 2.23. The molecular formula is C17H21NO. The minimum atomic E-state index is -0.0808. The summed E-state index contributed by atoms with van der Waals surface area (Å²) in [6.07, 6.45) is 2.25. The van der Waals surface area contributed by atoms with Gasteiger partial charge in [0.15, 0.2) is 0 Å². The van der Waals surface area contributed by atoms with E-state index in [0.717, 1.165) is 29.7 Å². The van der Waals surface area contributed by atoms with E-state index in [-0.39, 0.29) is 6.04 Å². The molecule has 19 heavy (non-hydrogen) atoms. The van der Waals surface area contributed by atoms with E-state index in [9.17, 15) is 0 Å². The third kappa shape index (κ3) is 3.36. The van der Waals surface area contributed by atoms with Crippen molar-refractivity contribution >= 4 is 0 Å². The van der Waals surface area contributed by atoms with Gasteiger partial charge in [0.2, 0.25) is 0 Å². The third-order valence-corrected chi connectivity index (χ3v) is 3.32. The van der Waals surface area contributed by atoms with E-state index in [1.165, 1.54) is 5.56 Å². The summed E-state index contributed by atoms with van der Waals surface area (Å²) in [4.78, 5) is 0. The van der Waals surface area contributed by atoms with Gasteiger partial charge in [-0.1, -0.05) is 49.7 Å². The summed E-state index contributed by atoms with van der Waals surface area (Å²) in [7, 11) is 1.67. The number of rotatable bonds is 5. The highest BCUT2D eigenvalue weighted by molar-refractivity contribution is 5.36. The lowest BCUT2D eigenvalue weighted by atomic mass is 9.97. The van der Waals surface area contributed by atoms with E-state index in [1.54, 1.807) is 7.11 Å². The Morgan fingerprint density at radius 1 is 1.05 bits per heavy atom. The normalized spacial score (nSPS) is 12.2. The van der Waals surface area contributed by atoms with Gasteiger partial charge in [0.1, 0.15) is 5.75 Å². The van der Waals surface area contributed by atoms with E-state index in [4.69, 9.17) is 10.5 Å². The predicted octanol–water partition coefficient (Wildman–Crippen LogP) is 3.70. The predicted molar refractivity (Wildman–Crippen MR) is 79.5 cm³/mol. The van der Waals surface area contributed by atoms with Crippen molar-refractivity contribution in [1.82, 2.24) is 0 Å². The summed E-state index contributed by atoms with van der Waals surface area (Å²) in [5.41, 5.74) is 9.95. The van der Waals surface area contributed by atoms with Crippen molar-refractivity contribution in [2.75, 3.05) is 7.11 Å². The Labute approximate surface area is 115 Å². The number of ether oxygens (including phenoxy) is 1. The van der Waals surface area contributed by atoms with E-state index >= 15 is 0 Å². The molecule has 1 unspecified atom stereocenters. The maximum atomic E-state index is 6.33. The van der Waals surface area contributed by atoms with Gasteiger partial charge in [-0.05, 0) is 35.2 Å². The van der Waals surface area contributed by atoms with Crippen LogP contribution in [0.4, 0.5) is 0 Å². The molecule has 0 amide bonds. The lowest BCUT2D eigenvalue weighted by Gasteiger charge is -2.14. The molecule has 100 valence electrons.